The van der Waals surface area contributed by atoms with Gasteiger partial charge in [-0.2, -0.15) is 5.10 Å². The zero-order valence-corrected chi connectivity index (χ0v) is 14.8. The van der Waals surface area contributed by atoms with Gasteiger partial charge < -0.3 is 10.2 Å². The first kappa shape index (κ1) is 15.5. The molecule has 4 rings (SSSR count). The van der Waals surface area contributed by atoms with Crippen LogP contribution in [0.3, 0.4) is 0 Å². The Labute approximate surface area is 149 Å². The topological polar surface area (TPSA) is 49.9 Å². The van der Waals surface area contributed by atoms with Crippen molar-refractivity contribution >= 4 is 34.9 Å². The number of rotatable bonds is 2. The highest BCUT2D eigenvalue weighted by molar-refractivity contribution is 6.42. The van der Waals surface area contributed by atoms with Crippen molar-refractivity contribution < 1.29 is 4.79 Å². The summed E-state index contributed by atoms with van der Waals surface area (Å²) in [5, 5.41) is 8.63. The van der Waals surface area contributed by atoms with E-state index in [1.807, 2.05) is 35.6 Å². The molecular formula is C17H16Cl2N4O. The van der Waals surface area contributed by atoms with Crippen LogP contribution in [0.4, 0.5) is 5.82 Å². The molecule has 1 fully saturated rings. The molecule has 2 unspecified atom stereocenters. The molecule has 124 valence electrons. The van der Waals surface area contributed by atoms with Gasteiger partial charge in [0.1, 0.15) is 11.9 Å². The maximum absolute atomic E-state index is 13.0. The number of allylic oxidation sites excluding steroid dienone is 1. The summed E-state index contributed by atoms with van der Waals surface area (Å²) in [7, 11) is 0. The molecule has 1 amide bonds. The van der Waals surface area contributed by atoms with Crippen molar-refractivity contribution in [1.29, 1.82) is 0 Å². The van der Waals surface area contributed by atoms with Gasteiger partial charge in [0, 0.05) is 24.4 Å². The number of hydrogen-bond acceptors (Lipinski definition) is 3. The van der Waals surface area contributed by atoms with E-state index in [4.69, 9.17) is 23.2 Å². The predicted molar refractivity (Wildman–Crippen MR) is 94.3 cm³/mol. The van der Waals surface area contributed by atoms with Crippen molar-refractivity contribution in [2.45, 2.75) is 25.9 Å². The van der Waals surface area contributed by atoms with Crippen LogP contribution in [-0.4, -0.2) is 33.2 Å². The summed E-state index contributed by atoms with van der Waals surface area (Å²) < 4.78 is 1.81. The highest BCUT2D eigenvalue weighted by Gasteiger charge is 2.41. The Morgan fingerprint density at radius 3 is 2.71 bits per heavy atom. The Balaban J connectivity index is 1.86. The summed E-state index contributed by atoms with van der Waals surface area (Å²) in [5.74, 6) is 0.878. The van der Waals surface area contributed by atoms with Crippen LogP contribution in [0, 0.1) is 0 Å². The first-order valence-electron chi connectivity index (χ1n) is 7.74. The summed E-state index contributed by atoms with van der Waals surface area (Å²) in [6, 6.07) is 7.29. The van der Waals surface area contributed by atoms with Crippen molar-refractivity contribution in [1.82, 2.24) is 14.7 Å². The minimum atomic E-state index is -0.327. The van der Waals surface area contributed by atoms with E-state index in [0.29, 0.717) is 15.6 Å². The van der Waals surface area contributed by atoms with Crippen molar-refractivity contribution in [2.24, 2.45) is 0 Å². The number of benzene rings is 1. The van der Waals surface area contributed by atoms with Gasteiger partial charge in [-0.15, -0.1) is 0 Å². The van der Waals surface area contributed by atoms with Crippen LogP contribution in [0.15, 0.2) is 41.7 Å². The fraction of sp³-hybridized carbons (Fsp3) is 0.294. The molecule has 0 radical (unpaired) electrons. The summed E-state index contributed by atoms with van der Waals surface area (Å²) in [5.41, 5.74) is 2.41. The second-order valence-electron chi connectivity index (χ2n) is 6.21. The third-order valence-corrected chi connectivity index (χ3v) is 5.26. The lowest BCUT2D eigenvalue weighted by atomic mass is 9.95. The van der Waals surface area contributed by atoms with E-state index in [9.17, 15) is 4.79 Å². The number of carbonyl (C=O) groups excluding carboxylic acids is 1. The van der Waals surface area contributed by atoms with Gasteiger partial charge in [-0.1, -0.05) is 29.3 Å². The molecular weight excluding hydrogens is 347 g/mol. The number of halogens is 2. The average Bonchev–Trinajstić information content (AvgIpc) is 3.09. The molecule has 2 aliphatic rings. The molecule has 2 aliphatic heterocycles. The molecule has 7 heteroatoms. The number of nitrogens with zero attached hydrogens (tertiary/aromatic N) is 3. The van der Waals surface area contributed by atoms with Gasteiger partial charge >= 0.3 is 0 Å². The lowest BCUT2D eigenvalue weighted by Crippen LogP contribution is -2.31. The van der Waals surface area contributed by atoms with E-state index in [2.05, 4.69) is 10.4 Å². The molecule has 1 aromatic heterocycles. The van der Waals surface area contributed by atoms with Gasteiger partial charge in [-0.05, 0) is 31.5 Å². The van der Waals surface area contributed by atoms with Gasteiger partial charge in [-0.25, -0.2) is 4.68 Å². The standard InChI is InChI=1S/C17H16Cl2N4O/c1-9-8-22(9)17(24)15-10(2)21-14-5-6-20-23(14)16(15)11-3-4-12(18)13(19)7-11/h3-7,9,16,21H,8H2,1-2H3. The molecule has 1 aromatic carbocycles. The average molecular weight is 363 g/mol. The summed E-state index contributed by atoms with van der Waals surface area (Å²) in [6.07, 6.45) is 1.72. The maximum Gasteiger partial charge on any atom is 0.254 e. The van der Waals surface area contributed by atoms with Gasteiger partial charge in [0.2, 0.25) is 0 Å². The van der Waals surface area contributed by atoms with Crippen LogP contribution >= 0.6 is 23.2 Å². The quantitative estimate of drug-likeness (QED) is 0.828. The van der Waals surface area contributed by atoms with Crippen LogP contribution < -0.4 is 5.32 Å². The number of hydrogen-bond donors (Lipinski definition) is 1. The maximum atomic E-state index is 13.0. The summed E-state index contributed by atoms with van der Waals surface area (Å²) in [4.78, 5) is 14.8. The van der Waals surface area contributed by atoms with E-state index in [1.54, 1.807) is 18.3 Å². The van der Waals surface area contributed by atoms with Crippen molar-refractivity contribution in [3.8, 4) is 0 Å². The number of aromatic nitrogens is 2. The molecule has 2 aromatic rings. The molecule has 1 N–H and O–H groups in total. The van der Waals surface area contributed by atoms with Gasteiger partial charge in [0.25, 0.3) is 5.91 Å². The van der Waals surface area contributed by atoms with Gasteiger partial charge in [0.05, 0.1) is 21.8 Å². The van der Waals surface area contributed by atoms with Crippen LogP contribution in [-0.2, 0) is 4.79 Å². The van der Waals surface area contributed by atoms with Gasteiger partial charge in [-0.3, -0.25) is 4.79 Å². The molecule has 0 saturated carbocycles. The van der Waals surface area contributed by atoms with E-state index in [0.717, 1.165) is 23.6 Å². The van der Waals surface area contributed by atoms with Crippen LogP contribution in [0.1, 0.15) is 25.5 Å². The monoisotopic (exact) mass is 362 g/mol. The zero-order chi connectivity index (χ0) is 17.0. The van der Waals surface area contributed by atoms with E-state index < -0.39 is 0 Å². The number of amides is 1. The first-order valence-corrected chi connectivity index (χ1v) is 8.50. The van der Waals surface area contributed by atoms with Crippen molar-refractivity contribution in [3.05, 3.63) is 57.3 Å². The molecule has 0 aliphatic carbocycles. The largest absolute Gasteiger partial charge is 0.344 e. The fourth-order valence-electron chi connectivity index (χ4n) is 3.15. The molecule has 0 bridgehead atoms. The Hall–Kier alpha value is -1.98. The van der Waals surface area contributed by atoms with E-state index in [1.165, 1.54) is 0 Å². The van der Waals surface area contributed by atoms with Crippen LogP contribution in [0.25, 0.3) is 0 Å². The zero-order valence-electron chi connectivity index (χ0n) is 13.3. The Morgan fingerprint density at radius 2 is 2.04 bits per heavy atom. The van der Waals surface area contributed by atoms with E-state index >= 15 is 0 Å². The van der Waals surface area contributed by atoms with Crippen LogP contribution in [0.5, 0.6) is 0 Å². The van der Waals surface area contributed by atoms with E-state index in [-0.39, 0.29) is 18.0 Å². The second-order valence-corrected chi connectivity index (χ2v) is 7.02. The third kappa shape index (κ3) is 2.39. The molecule has 5 nitrogen and oxygen atoms in total. The highest BCUT2D eigenvalue weighted by Crippen LogP contribution is 2.39. The molecule has 1 saturated heterocycles. The Morgan fingerprint density at radius 1 is 1.29 bits per heavy atom. The SMILES string of the molecule is CC1=C(C(=O)N2CC2C)C(c2ccc(Cl)c(Cl)c2)n2nccc2N1. The van der Waals surface area contributed by atoms with Crippen molar-refractivity contribution in [2.75, 3.05) is 11.9 Å². The minimum Gasteiger partial charge on any atom is -0.344 e. The van der Waals surface area contributed by atoms with Crippen molar-refractivity contribution in [3.63, 3.8) is 0 Å². The molecule has 2 atom stereocenters. The highest BCUT2D eigenvalue weighted by atomic mass is 35.5. The normalized spacial score (nSPS) is 22.2. The molecule has 0 spiro atoms. The summed E-state index contributed by atoms with van der Waals surface area (Å²) in [6.45, 7) is 4.75. The minimum absolute atomic E-state index is 0.0322. The number of nitrogens with one attached hydrogen (secondary N) is 1. The lowest BCUT2D eigenvalue weighted by Gasteiger charge is -2.30. The predicted octanol–water partition coefficient (Wildman–Crippen LogP) is 3.71. The molecule has 3 heterocycles. The number of carbonyl (C=O) groups is 1. The lowest BCUT2D eigenvalue weighted by molar-refractivity contribution is -0.122. The summed E-state index contributed by atoms with van der Waals surface area (Å²) >= 11 is 12.3. The third-order valence-electron chi connectivity index (χ3n) is 4.52. The Kier molecular flexibility index (Phi) is 3.58. The Bertz CT molecular complexity index is 873. The first-order chi connectivity index (χ1) is 11.5. The smallest absolute Gasteiger partial charge is 0.254 e. The molecule has 24 heavy (non-hydrogen) atoms. The number of anilines is 1. The van der Waals surface area contributed by atoms with Gasteiger partial charge in [0.15, 0.2) is 0 Å². The van der Waals surface area contributed by atoms with Crippen LogP contribution in [0.2, 0.25) is 10.0 Å². The fourth-order valence-corrected chi connectivity index (χ4v) is 3.46. The second kappa shape index (κ2) is 5.53. The number of fused-ring (bicyclic) bond motifs is 1.